The molecule has 4 aromatic rings. The Bertz CT molecular complexity index is 1170. The van der Waals surface area contributed by atoms with Crippen molar-refractivity contribution in [1.29, 1.82) is 0 Å². The fraction of sp³-hybridized carbons (Fsp3) is 0. The van der Waals surface area contributed by atoms with Gasteiger partial charge in [-0.2, -0.15) is 10.5 Å². The van der Waals surface area contributed by atoms with Gasteiger partial charge in [-0.3, -0.25) is 4.79 Å². The number of hydrogen-bond donors (Lipinski definition) is 4. The van der Waals surface area contributed by atoms with E-state index >= 15 is 0 Å². The standard InChI is InChI=1S/C21H16N2O6/c24-19(13-7-3-1-4-8-13)18-16-11-15(22(25)26)12-17(23(27)28)21(16)29-20(18)14-9-5-2-6-10-14/h1-12,22-23,25,27H. The zero-order valence-electron chi connectivity index (χ0n) is 15.0. The molecule has 2 atom stereocenters. The summed E-state index contributed by atoms with van der Waals surface area (Å²) in [6, 6.07) is 19.6. The molecule has 3 aromatic carbocycles. The van der Waals surface area contributed by atoms with Gasteiger partial charge in [0, 0.05) is 22.6 Å². The van der Waals surface area contributed by atoms with E-state index in [1.54, 1.807) is 60.7 Å². The van der Waals surface area contributed by atoms with E-state index < -0.39 is 10.5 Å². The second-order valence-corrected chi connectivity index (χ2v) is 6.38. The third-order valence-corrected chi connectivity index (χ3v) is 4.57. The molecule has 1 heterocycles. The highest BCUT2D eigenvalue weighted by Gasteiger charge is 2.28. The van der Waals surface area contributed by atoms with Crippen LogP contribution >= 0.6 is 0 Å². The van der Waals surface area contributed by atoms with Crippen molar-refractivity contribution in [2.45, 2.75) is 0 Å². The van der Waals surface area contributed by atoms with Crippen molar-refractivity contribution in [1.82, 2.24) is 0 Å². The van der Waals surface area contributed by atoms with Crippen molar-refractivity contribution >= 4 is 28.1 Å². The average molecular weight is 392 g/mol. The van der Waals surface area contributed by atoms with Gasteiger partial charge >= 0.3 is 0 Å². The Hall–Kier alpha value is -3.37. The first-order valence-electron chi connectivity index (χ1n) is 8.69. The summed E-state index contributed by atoms with van der Waals surface area (Å²) in [6.07, 6.45) is 0. The van der Waals surface area contributed by atoms with Crippen molar-refractivity contribution in [3.63, 3.8) is 0 Å². The fourth-order valence-corrected chi connectivity index (χ4v) is 3.23. The molecule has 4 rings (SSSR count). The minimum atomic E-state index is -1.34. The molecule has 0 bridgehead atoms. The maximum Gasteiger partial charge on any atom is 0.213 e. The van der Waals surface area contributed by atoms with E-state index in [-0.39, 0.29) is 39.5 Å². The lowest BCUT2D eigenvalue weighted by atomic mass is 9.97. The van der Waals surface area contributed by atoms with E-state index in [4.69, 9.17) is 4.42 Å². The van der Waals surface area contributed by atoms with Crippen LogP contribution in [0.5, 0.6) is 0 Å². The second-order valence-electron chi connectivity index (χ2n) is 6.38. The molecule has 29 heavy (non-hydrogen) atoms. The van der Waals surface area contributed by atoms with Gasteiger partial charge in [0.25, 0.3) is 0 Å². The van der Waals surface area contributed by atoms with E-state index in [9.17, 15) is 25.6 Å². The number of furan rings is 1. The molecule has 146 valence electrons. The predicted octanol–water partition coefficient (Wildman–Crippen LogP) is 2.14. The molecule has 1 aromatic heterocycles. The average Bonchev–Trinajstić information content (AvgIpc) is 3.13. The van der Waals surface area contributed by atoms with Crippen molar-refractivity contribution < 1.29 is 30.1 Å². The Balaban J connectivity index is 2.08. The Morgan fingerprint density at radius 2 is 1.48 bits per heavy atom. The molecule has 2 unspecified atom stereocenters. The number of benzene rings is 3. The molecule has 4 N–H and O–H groups in total. The van der Waals surface area contributed by atoms with Gasteiger partial charge in [0.05, 0.1) is 11.6 Å². The lowest BCUT2D eigenvalue weighted by molar-refractivity contribution is -0.995. The minimum Gasteiger partial charge on any atom is -0.595 e. The van der Waals surface area contributed by atoms with Gasteiger partial charge in [0.2, 0.25) is 5.69 Å². The van der Waals surface area contributed by atoms with Crippen LogP contribution in [0.3, 0.4) is 0 Å². The van der Waals surface area contributed by atoms with Gasteiger partial charge in [-0.25, -0.2) is 10.4 Å². The summed E-state index contributed by atoms with van der Waals surface area (Å²) in [5.74, 6) is -0.193. The van der Waals surface area contributed by atoms with Gasteiger partial charge in [0.1, 0.15) is 5.76 Å². The Morgan fingerprint density at radius 1 is 0.862 bits per heavy atom. The largest absolute Gasteiger partial charge is 0.595 e. The normalized spacial score (nSPS) is 13.4. The molecule has 0 aliphatic rings. The summed E-state index contributed by atoms with van der Waals surface area (Å²) in [5.41, 5.74) is 0.492. The number of nitrogens with one attached hydrogen (secondary N) is 2. The van der Waals surface area contributed by atoms with E-state index in [1.807, 2.05) is 0 Å². The first kappa shape index (κ1) is 19.0. The SMILES string of the molecule is O=C(c1ccccc1)c1c(-c2ccccc2)oc2c([NH+]([O-])O)cc([NH+]([O-])O)cc12. The molecular weight excluding hydrogens is 376 g/mol. The molecule has 0 aliphatic carbocycles. The Labute approximate surface area is 164 Å². The van der Waals surface area contributed by atoms with Crippen LogP contribution in [0.4, 0.5) is 11.4 Å². The van der Waals surface area contributed by atoms with Gasteiger partial charge in [0.15, 0.2) is 17.1 Å². The summed E-state index contributed by atoms with van der Waals surface area (Å²) < 4.78 is 5.86. The number of quaternary nitrogens is 2. The molecule has 0 radical (unpaired) electrons. The van der Waals surface area contributed by atoms with Crippen molar-refractivity contribution in [3.8, 4) is 11.3 Å². The summed E-state index contributed by atoms with van der Waals surface area (Å²) >= 11 is 0. The fourth-order valence-electron chi connectivity index (χ4n) is 3.23. The topological polar surface area (TPSA) is 126 Å². The van der Waals surface area contributed by atoms with Crippen LogP contribution < -0.4 is 10.5 Å². The quantitative estimate of drug-likeness (QED) is 0.305. The molecule has 0 saturated heterocycles. The Morgan fingerprint density at radius 3 is 2.07 bits per heavy atom. The monoisotopic (exact) mass is 392 g/mol. The minimum absolute atomic E-state index is 0.0411. The van der Waals surface area contributed by atoms with Crippen LogP contribution in [-0.4, -0.2) is 16.2 Å². The zero-order chi connectivity index (χ0) is 20.5. The lowest BCUT2D eigenvalue weighted by Crippen LogP contribution is -3.00. The number of hydrogen-bond acceptors (Lipinski definition) is 6. The maximum absolute atomic E-state index is 13.3. The van der Waals surface area contributed by atoms with Crippen LogP contribution in [0.1, 0.15) is 15.9 Å². The molecule has 8 nitrogen and oxygen atoms in total. The highest BCUT2D eigenvalue weighted by Crippen LogP contribution is 2.38. The summed E-state index contributed by atoms with van der Waals surface area (Å²) in [6.45, 7) is 0. The van der Waals surface area contributed by atoms with E-state index in [0.717, 1.165) is 6.07 Å². The third kappa shape index (κ3) is 3.43. The lowest BCUT2D eigenvalue weighted by Gasteiger charge is -2.15. The first-order valence-corrected chi connectivity index (χ1v) is 8.69. The molecule has 0 amide bonds. The molecule has 0 spiro atoms. The number of carbonyl (C=O) groups excluding carboxylic acids is 1. The molecule has 0 aliphatic heterocycles. The van der Waals surface area contributed by atoms with Crippen LogP contribution in [0.15, 0.2) is 77.2 Å². The van der Waals surface area contributed by atoms with Gasteiger partial charge in [-0.1, -0.05) is 60.7 Å². The van der Waals surface area contributed by atoms with Gasteiger partial charge in [-0.15, -0.1) is 0 Å². The van der Waals surface area contributed by atoms with Crippen LogP contribution in [0, 0.1) is 10.4 Å². The van der Waals surface area contributed by atoms with Gasteiger partial charge in [-0.05, 0) is 0 Å². The van der Waals surface area contributed by atoms with E-state index in [2.05, 4.69) is 0 Å². The summed E-state index contributed by atoms with van der Waals surface area (Å²) in [7, 11) is 0. The number of ketones is 1. The molecular formula is C21H16N2O6. The van der Waals surface area contributed by atoms with Crippen molar-refractivity contribution in [2.75, 3.05) is 0 Å². The van der Waals surface area contributed by atoms with Gasteiger partial charge < -0.3 is 14.8 Å². The van der Waals surface area contributed by atoms with Crippen LogP contribution in [0.25, 0.3) is 22.3 Å². The van der Waals surface area contributed by atoms with E-state index in [0.29, 0.717) is 11.1 Å². The Kier molecular flexibility index (Phi) is 4.95. The molecule has 0 fully saturated rings. The predicted molar refractivity (Wildman–Crippen MR) is 103 cm³/mol. The molecule has 0 saturated carbocycles. The van der Waals surface area contributed by atoms with Crippen molar-refractivity contribution in [2.24, 2.45) is 0 Å². The van der Waals surface area contributed by atoms with Crippen LogP contribution in [0.2, 0.25) is 0 Å². The summed E-state index contributed by atoms with van der Waals surface area (Å²) in [5, 5.41) is 39.8. The summed E-state index contributed by atoms with van der Waals surface area (Å²) in [4.78, 5) is 13.3. The third-order valence-electron chi connectivity index (χ3n) is 4.57. The molecule has 8 heteroatoms. The zero-order valence-corrected chi connectivity index (χ0v) is 15.0. The second kappa shape index (κ2) is 7.57. The van der Waals surface area contributed by atoms with Crippen molar-refractivity contribution in [3.05, 3.63) is 94.3 Å². The smallest absolute Gasteiger partial charge is 0.213 e. The van der Waals surface area contributed by atoms with E-state index in [1.165, 1.54) is 6.07 Å². The first-order chi connectivity index (χ1) is 14.0. The highest BCUT2D eigenvalue weighted by molar-refractivity contribution is 6.20. The highest BCUT2D eigenvalue weighted by atomic mass is 16.8. The number of fused-ring (bicyclic) bond motifs is 1. The van der Waals surface area contributed by atoms with Crippen LogP contribution in [-0.2, 0) is 0 Å². The number of carbonyl (C=O) groups is 1. The maximum atomic E-state index is 13.3. The number of rotatable bonds is 5.